The van der Waals surface area contributed by atoms with E-state index in [0.29, 0.717) is 35.0 Å². The standard InChI is InChI=1S/C21H20ClN5O3S2.C2HF3O2/c22-16-10-18(31-19(16)15-5-2-7-25-11-15)32(29,30)26-17-6-8-27(21(17)28)12-13-3-1-4-14(9-13)20(23)24;3-2(4,5)1(6)7/h1-5,7,9-11,17,26H,6,8,12H2,(H3,23,24);(H,6,7)/t17-;/m0./s1. The van der Waals surface area contributed by atoms with Gasteiger partial charge in [-0.3, -0.25) is 15.2 Å². The zero-order chi connectivity index (χ0) is 29.0. The minimum atomic E-state index is -5.08. The number of carboxylic acid groups (broad SMARTS) is 1. The average Bonchev–Trinajstić information content (AvgIpc) is 3.42. The summed E-state index contributed by atoms with van der Waals surface area (Å²) in [7, 11) is -3.93. The molecule has 1 aliphatic rings. The molecule has 0 bridgehead atoms. The Balaban J connectivity index is 0.000000532. The third-order valence-corrected chi connectivity index (χ3v) is 8.84. The van der Waals surface area contributed by atoms with Crippen molar-refractivity contribution in [1.29, 1.82) is 5.41 Å². The lowest BCUT2D eigenvalue weighted by molar-refractivity contribution is -0.192. The summed E-state index contributed by atoms with van der Waals surface area (Å²) in [5.41, 5.74) is 7.65. The van der Waals surface area contributed by atoms with E-state index in [1.54, 1.807) is 47.6 Å². The Hall–Kier alpha value is -3.53. The van der Waals surface area contributed by atoms with Crippen LogP contribution < -0.4 is 10.5 Å². The number of aromatic nitrogens is 1. The van der Waals surface area contributed by atoms with Crippen LogP contribution in [0, 0.1) is 5.41 Å². The topological polar surface area (TPSA) is 167 Å². The maximum absolute atomic E-state index is 12.9. The van der Waals surface area contributed by atoms with Gasteiger partial charge < -0.3 is 15.7 Å². The first-order chi connectivity index (χ1) is 18.2. The van der Waals surface area contributed by atoms with Gasteiger partial charge in [0, 0.05) is 36.6 Å². The summed E-state index contributed by atoms with van der Waals surface area (Å²) < 4.78 is 60.2. The highest BCUT2D eigenvalue weighted by Gasteiger charge is 2.38. The van der Waals surface area contributed by atoms with Crippen LogP contribution in [0.4, 0.5) is 13.2 Å². The number of alkyl halides is 3. The zero-order valence-electron chi connectivity index (χ0n) is 19.8. The number of pyridine rings is 1. The van der Waals surface area contributed by atoms with Gasteiger partial charge in [-0.25, -0.2) is 13.2 Å². The van der Waals surface area contributed by atoms with E-state index in [-0.39, 0.29) is 16.0 Å². The molecule has 0 aliphatic carbocycles. The molecule has 208 valence electrons. The molecule has 1 aliphatic heterocycles. The molecule has 5 N–H and O–H groups in total. The quantitative estimate of drug-likeness (QED) is 0.237. The molecule has 10 nitrogen and oxygen atoms in total. The van der Waals surface area contributed by atoms with Gasteiger partial charge in [0.05, 0.1) is 9.90 Å². The van der Waals surface area contributed by atoms with E-state index in [4.69, 9.17) is 32.6 Å². The number of carbonyl (C=O) groups is 2. The largest absolute Gasteiger partial charge is 0.490 e. The van der Waals surface area contributed by atoms with Gasteiger partial charge >= 0.3 is 12.1 Å². The van der Waals surface area contributed by atoms with E-state index in [0.717, 1.165) is 22.5 Å². The van der Waals surface area contributed by atoms with Crippen LogP contribution >= 0.6 is 22.9 Å². The van der Waals surface area contributed by atoms with Crippen molar-refractivity contribution >= 4 is 50.7 Å². The number of likely N-dealkylation sites (tertiary alicyclic amines) is 1. The molecule has 1 fully saturated rings. The zero-order valence-corrected chi connectivity index (χ0v) is 22.2. The molecule has 3 heterocycles. The number of thiophene rings is 1. The first kappa shape index (κ1) is 30.0. The van der Waals surface area contributed by atoms with Crippen molar-refractivity contribution in [2.45, 2.75) is 29.4 Å². The predicted molar refractivity (Wildman–Crippen MR) is 138 cm³/mol. The van der Waals surface area contributed by atoms with Crippen molar-refractivity contribution in [1.82, 2.24) is 14.6 Å². The molecule has 0 spiro atoms. The van der Waals surface area contributed by atoms with Crippen molar-refractivity contribution in [2.24, 2.45) is 5.73 Å². The summed E-state index contributed by atoms with van der Waals surface area (Å²) in [6, 6.07) is 11.2. The Bertz CT molecular complexity index is 1480. The van der Waals surface area contributed by atoms with Gasteiger partial charge in [0.2, 0.25) is 5.91 Å². The second-order valence-electron chi connectivity index (χ2n) is 8.12. The Morgan fingerprint density at radius 1 is 1.28 bits per heavy atom. The van der Waals surface area contributed by atoms with E-state index in [1.165, 1.54) is 6.07 Å². The first-order valence-corrected chi connectivity index (χ1v) is 13.6. The van der Waals surface area contributed by atoms with Gasteiger partial charge in [-0.1, -0.05) is 35.9 Å². The number of nitrogens with one attached hydrogen (secondary N) is 2. The van der Waals surface area contributed by atoms with Crippen LogP contribution in [-0.4, -0.2) is 59.9 Å². The van der Waals surface area contributed by atoms with Crippen LogP contribution in [0.5, 0.6) is 0 Å². The maximum atomic E-state index is 12.9. The fraction of sp³-hybridized carbons (Fsp3) is 0.217. The number of rotatable bonds is 7. The van der Waals surface area contributed by atoms with Crippen LogP contribution in [0.15, 0.2) is 59.1 Å². The number of amidine groups is 1. The monoisotopic (exact) mass is 603 g/mol. The highest BCUT2D eigenvalue weighted by atomic mass is 35.5. The van der Waals surface area contributed by atoms with Crippen molar-refractivity contribution in [2.75, 3.05) is 6.54 Å². The predicted octanol–water partition coefficient (Wildman–Crippen LogP) is 3.46. The average molecular weight is 604 g/mol. The molecule has 3 aromatic rings. The maximum Gasteiger partial charge on any atom is 0.490 e. The van der Waals surface area contributed by atoms with Crippen molar-refractivity contribution in [3.8, 4) is 10.4 Å². The summed E-state index contributed by atoms with van der Waals surface area (Å²) >= 11 is 7.30. The third kappa shape index (κ3) is 7.75. The van der Waals surface area contributed by atoms with E-state index >= 15 is 0 Å². The Morgan fingerprint density at radius 3 is 2.56 bits per heavy atom. The molecule has 0 unspecified atom stereocenters. The number of hydrogen-bond acceptors (Lipinski definition) is 7. The van der Waals surface area contributed by atoms with E-state index in [1.807, 2.05) is 6.07 Å². The second kappa shape index (κ2) is 12.1. The highest BCUT2D eigenvalue weighted by molar-refractivity contribution is 7.91. The van der Waals surface area contributed by atoms with Crippen molar-refractivity contribution < 1.29 is 36.3 Å². The minimum absolute atomic E-state index is 0.0433. The normalized spacial score (nSPS) is 15.5. The summed E-state index contributed by atoms with van der Waals surface area (Å²) in [4.78, 5) is 28.0. The van der Waals surface area contributed by atoms with Crippen LogP contribution in [0.3, 0.4) is 0 Å². The number of carboxylic acids is 1. The number of amides is 1. The number of nitrogen functional groups attached to an aromatic ring is 1. The number of aliphatic carboxylic acids is 1. The molecule has 4 rings (SSSR count). The first-order valence-electron chi connectivity index (χ1n) is 10.9. The number of nitrogens with two attached hydrogens (primary N) is 1. The SMILES string of the molecule is N=C(N)c1cccc(CN2CC[C@H](NS(=O)(=O)c3cc(Cl)c(-c4cccnc4)s3)C2=O)c1.O=C(O)C(F)(F)F. The lowest BCUT2D eigenvalue weighted by Crippen LogP contribution is -2.41. The number of hydrogen-bond donors (Lipinski definition) is 4. The Morgan fingerprint density at radius 2 is 1.97 bits per heavy atom. The van der Waals surface area contributed by atoms with E-state index in [9.17, 15) is 26.4 Å². The molecular formula is C23H21ClF3N5O5S2. The number of sulfonamides is 1. The Kier molecular flexibility index (Phi) is 9.32. The molecule has 0 radical (unpaired) electrons. The van der Waals surface area contributed by atoms with Crippen LogP contribution in [-0.2, 0) is 26.2 Å². The van der Waals surface area contributed by atoms with Crippen LogP contribution in [0.2, 0.25) is 5.02 Å². The fourth-order valence-corrected chi connectivity index (χ4v) is 6.53. The van der Waals surface area contributed by atoms with Crippen LogP contribution in [0.1, 0.15) is 17.5 Å². The number of carbonyl (C=O) groups excluding carboxylic acids is 1. The molecule has 1 atom stereocenters. The summed E-state index contributed by atoms with van der Waals surface area (Å²) in [5.74, 6) is -3.10. The number of nitrogens with zero attached hydrogens (tertiary/aromatic N) is 2. The lowest BCUT2D eigenvalue weighted by atomic mass is 10.1. The summed E-state index contributed by atoms with van der Waals surface area (Å²) in [5, 5.41) is 15.0. The molecule has 2 aromatic heterocycles. The third-order valence-electron chi connectivity index (χ3n) is 5.30. The molecular weight excluding hydrogens is 583 g/mol. The molecule has 16 heteroatoms. The molecule has 1 aromatic carbocycles. The van der Waals surface area contributed by atoms with Gasteiger partial charge in [0.25, 0.3) is 10.0 Å². The smallest absolute Gasteiger partial charge is 0.475 e. The van der Waals surface area contributed by atoms with Gasteiger partial charge in [0.1, 0.15) is 16.1 Å². The van der Waals surface area contributed by atoms with Crippen molar-refractivity contribution in [3.05, 3.63) is 71.0 Å². The van der Waals surface area contributed by atoms with E-state index < -0.39 is 28.2 Å². The minimum Gasteiger partial charge on any atom is -0.475 e. The number of benzene rings is 1. The van der Waals surface area contributed by atoms with Gasteiger partial charge in [0.15, 0.2) is 0 Å². The fourth-order valence-electron chi connectivity index (χ4n) is 3.48. The lowest BCUT2D eigenvalue weighted by Gasteiger charge is -2.17. The summed E-state index contributed by atoms with van der Waals surface area (Å²) in [6.45, 7) is 0.733. The Labute approximate surface area is 229 Å². The van der Waals surface area contributed by atoms with Gasteiger partial charge in [-0.15, -0.1) is 11.3 Å². The van der Waals surface area contributed by atoms with Crippen LogP contribution in [0.25, 0.3) is 10.4 Å². The van der Waals surface area contributed by atoms with E-state index in [2.05, 4.69) is 9.71 Å². The molecule has 1 saturated heterocycles. The van der Waals surface area contributed by atoms with Gasteiger partial charge in [-0.2, -0.15) is 17.9 Å². The summed E-state index contributed by atoms with van der Waals surface area (Å²) in [6.07, 6.45) is -1.49. The second-order valence-corrected chi connectivity index (χ2v) is 11.5. The molecule has 1 amide bonds. The van der Waals surface area contributed by atoms with Crippen molar-refractivity contribution in [3.63, 3.8) is 0 Å². The molecule has 0 saturated carbocycles. The number of halogens is 4. The van der Waals surface area contributed by atoms with Gasteiger partial charge in [-0.05, 0) is 30.2 Å². The highest BCUT2D eigenvalue weighted by Crippen LogP contribution is 2.38. The molecule has 39 heavy (non-hydrogen) atoms.